The van der Waals surface area contributed by atoms with Gasteiger partial charge < -0.3 is 9.15 Å². The van der Waals surface area contributed by atoms with Crippen LogP contribution >= 0.6 is 0 Å². The van der Waals surface area contributed by atoms with Crippen LogP contribution in [0.1, 0.15) is 11.3 Å². The third-order valence-corrected chi connectivity index (χ3v) is 3.02. The van der Waals surface area contributed by atoms with E-state index in [-0.39, 0.29) is 23.6 Å². The van der Waals surface area contributed by atoms with Gasteiger partial charge in [-0.3, -0.25) is 4.79 Å². The van der Waals surface area contributed by atoms with Crippen LogP contribution in [0.2, 0.25) is 0 Å². The molecule has 104 valence electrons. The molecule has 0 radical (unpaired) electrons. The van der Waals surface area contributed by atoms with E-state index in [1.54, 1.807) is 0 Å². The zero-order chi connectivity index (χ0) is 14.3. The summed E-state index contributed by atoms with van der Waals surface area (Å²) in [5, 5.41) is 0. The molecule has 1 aromatic carbocycles. The smallest absolute Gasteiger partial charge is 0.413 e. The molecule has 3 rings (SSSR count). The molecule has 1 aliphatic rings. The van der Waals surface area contributed by atoms with Gasteiger partial charge in [-0.05, 0) is 12.1 Å². The van der Waals surface area contributed by atoms with Crippen molar-refractivity contribution in [3.63, 3.8) is 0 Å². The molecule has 0 saturated heterocycles. The molecule has 0 atom stereocenters. The van der Waals surface area contributed by atoms with E-state index in [1.807, 2.05) is 0 Å². The van der Waals surface area contributed by atoms with Crippen molar-refractivity contribution in [2.45, 2.75) is 13.0 Å². The SMILES string of the molecule is O=c1oc2c(c(=O)n1-c1cc(F)cc(F)c1)COCC2. The second-order valence-corrected chi connectivity index (χ2v) is 4.34. The number of halogens is 2. The second kappa shape index (κ2) is 4.68. The fourth-order valence-electron chi connectivity index (χ4n) is 2.12. The molecule has 20 heavy (non-hydrogen) atoms. The highest BCUT2D eigenvalue weighted by Gasteiger charge is 2.21. The quantitative estimate of drug-likeness (QED) is 0.786. The number of aromatic nitrogens is 1. The first-order chi connectivity index (χ1) is 9.56. The fraction of sp³-hybridized carbons (Fsp3) is 0.231. The summed E-state index contributed by atoms with van der Waals surface area (Å²) in [5.74, 6) is -2.49. The van der Waals surface area contributed by atoms with Crippen LogP contribution in [0.4, 0.5) is 8.78 Å². The Morgan fingerprint density at radius 2 is 1.80 bits per heavy atom. The van der Waals surface area contributed by atoms with E-state index in [0.717, 1.165) is 12.1 Å². The van der Waals surface area contributed by atoms with Gasteiger partial charge in [-0.1, -0.05) is 0 Å². The first kappa shape index (κ1) is 12.7. The van der Waals surface area contributed by atoms with Crippen molar-refractivity contribution in [2.24, 2.45) is 0 Å². The normalized spacial score (nSPS) is 14.1. The van der Waals surface area contributed by atoms with Crippen molar-refractivity contribution >= 4 is 0 Å². The monoisotopic (exact) mass is 281 g/mol. The van der Waals surface area contributed by atoms with Crippen LogP contribution in [0.3, 0.4) is 0 Å². The summed E-state index contributed by atoms with van der Waals surface area (Å²) in [4.78, 5) is 24.1. The highest BCUT2D eigenvalue weighted by Crippen LogP contribution is 2.14. The predicted octanol–water partition coefficient (Wildman–Crippen LogP) is 1.14. The standard InChI is InChI=1S/C13H9F2NO4/c14-7-3-8(15)5-9(4-7)16-12(17)10-6-19-2-1-11(10)20-13(16)18/h3-5H,1-2,6H2. The molecule has 0 amide bonds. The van der Waals surface area contributed by atoms with Gasteiger partial charge in [0.15, 0.2) is 0 Å². The van der Waals surface area contributed by atoms with Gasteiger partial charge in [0.1, 0.15) is 17.4 Å². The topological polar surface area (TPSA) is 61.4 Å². The van der Waals surface area contributed by atoms with Gasteiger partial charge in [0.2, 0.25) is 0 Å². The van der Waals surface area contributed by atoms with Crippen molar-refractivity contribution < 1.29 is 17.9 Å². The number of rotatable bonds is 1. The van der Waals surface area contributed by atoms with Crippen LogP contribution in [0.15, 0.2) is 32.2 Å². The Balaban J connectivity index is 2.29. The maximum absolute atomic E-state index is 13.2. The largest absolute Gasteiger partial charge is 0.426 e. The van der Waals surface area contributed by atoms with E-state index in [4.69, 9.17) is 9.15 Å². The summed E-state index contributed by atoms with van der Waals surface area (Å²) < 4.78 is 37.2. The minimum Gasteiger partial charge on any atom is -0.413 e. The minimum atomic E-state index is -0.972. The molecule has 1 aromatic heterocycles. The molecule has 0 N–H and O–H groups in total. The Morgan fingerprint density at radius 1 is 1.10 bits per heavy atom. The van der Waals surface area contributed by atoms with Crippen LogP contribution < -0.4 is 11.3 Å². The van der Waals surface area contributed by atoms with E-state index < -0.39 is 22.9 Å². The van der Waals surface area contributed by atoms with Gasteiger partial charge in [0.25, 0.3) is 5.56 Å². The van der Waals surface area contributed by atoms with Crippen molar-refractivity contribution in [1.29, 1.82) is 0 Å². The van der Waals surface area contributed by atoms with Crippen LogP contribution in [0, 0.1) is 11.6 Å². The van der Waals surface area contributed by atoms with E-state index in [2.05, 4.69) is 0 Å². The zero-order valence-electron chi connectivity index (χ0n) is 10.2. The first-order valence-corrected chi connectivity index (χ1v) is 5.88. The molecule has 2 heterocycles. The Kier molecular flexibility index (Phi) is 2.98. The van der Waals surface area contributed by atoms with Gasteiger partial charge in [-0.2, -0.15) is 0 Å². The van der Waals surface area contributed by atoms with Crippen molar-refractivity contribution in [1.82, 2.24) is 4.57 Å². The molecule has 1 aliphatic heterocycles. The summed E-state index contributed by atoms with van der Waals surface area (Å²) in [6, 6.07) is 2.42. The van der Waals surface area contributed by atoms with E-state index in [0.29, 0.717) is 23.7 Å². The predicted molar refractivity (Wildman–Crippen MR) is 63.9 cm³/mol. The van der Waals surface area contributed by atoms with Crippen LogP contribution in [0.25, 0.3) is 5.69 Å². The Bertz CT molecular complexity index is 774. The first-order valence-electron chi connectivity index (χ1n) is 5.88. The average Bonchev–Trinajstić information content (AvgIpc) is 2.37. The number of ether oxygens (including phenoxy) is 1. The summed E-state index contributed by atoms with van der Waals surface area (Å²) in [5.41, 5.74) is -0.698. The van der Waals surface area contributed by atoms with Crippen LogP contribution in [-0.4, -0.2) is 11.2 Å². The fourth-order valence-corrected chi connectivity index (χ4v) is 2.12. The third-order valence-electron chi connectivity index (χ3n) is 3.02. The highest BCUT2D eigenvalue weighted by molar-refractivity contribution is 5.34. The van der Waals surface area contributed by atoms with E-state index in [9.17, 15) is 18.4 Å². The molecular formula is C13H9F2NO4. The maximum Gasteiger partial charge on any atom is 0.426 e. The van der Waals surface area contributed by atoms with Gasteiger partial charge in [0.05, 0.1) is 24.5 Å². The summed E-state index contributed by atoms with van der Waals surface area (Å²) in [6.07, 6.45) is 0.318. The minimum absolute atomic E-state index is 0.00967. The number of hydrogen-bond donors (Lipinski definition) is 0. The molecule has 7 heteroatoms. The molecular weight excluding hydrogens is 272 g/mol. The van der Waals surface area contributed by atoms with Crippen LogP contribution in [0.5, 0.6) is 0 Å². The van der Waals surface area contributed by atoms with Crippen molar-refractivity contribution in [2.75, 3.05) is 6.61 Å². The molecule has 0 saturated carbocycles. The number of benzene rings is 1. The van der Waals surface area contributed by atoms with Gasteiger partial charge in [0, 0.05) is 12.5 Å². The molecule has 5 nitrogen and oxygen atoms in total. The Labute approximate surface area is 111 Å². The van der Waals surface area contributed by atoms with Gasteiger partial charge in [-0.15, -0.1) is 0 Å². The molecule has 2 aromatic rings. The Hall–Kier alpha value is -2.28. The molecule has 0 fully saturated rings. The lowest BCUT2D eigenvalue weighted by Crippen LogP contribution is -2.36. The van der Waals surface area contributed by atoms with E-state index >= 15 is 0 Å². The Morgan fingerprint density at radius 3 is 2.50 bits per heavy atom. The third kappa shape index (κ3) is 2.05. The number of hydrogen-bond acceptors (Lipinski definition) is 4. The number of nitrogens with zero attached hydrogens (tertiary/aromatic N) is 1. The lowest BCUT2D eigenvalue weighted by atomic mass is 10.1. The maximum atomic E-state index is 13.2. The molecule has 0 unspecified atom stereocenters. The highest BCUT2D eigenvalue weighted by atomic mass is 19.1. The zero-order valence-corrected chi connectivity index (χ0v) is 10.2. The lowest BCUT2D eigenvalue weighted by molar-refractivity contribution is 0.0970. The average molecular weight is 281 g/mol. The van der Waals surface area contributed by atoms with Crippen LogP contribution in [-0.2, 0) is 17.8 Å². The van der Waals surface area contributed by atoms with E-state index in [1.165, 1.54) is 0 Å². The van der Waals surface area contributed by atoms with Crippen molar-refractivity contribution in [3.05, 3.63) is 62.1 Å². The van der Waals surface area contributed by atoms with Gasteiger partial charge in [-0.25, -0.2) is 18.1 Å². The molecule has 0 aliphatic carbocycles. The molecule has 0 spiro atoms. The second-order valence-electron chi connectivity index (χ2n) is 4.34. The molecule has 0 bridgehead atoms. The summed E-state index contributed by atoms with van der Waals surface area (Å²) >= 11 is 0. The lowest BCUT2D eigenvalue weighted by Gasteiger charge is -2.15. The summed E-state index contributed by atoms with van der Waals surface area (Å²) in [6.45, 7) is 0.365. The van der Waals surface area contributed by atoms with Crippen molar-refractivity contribution in [3.8, 4) is 5.69 Å². The number of fused-ring (bicyclic) bond motifs is 1. The summed E-state index contributed by atoms with van der Waals surface area (Å²) in [7, 11) is 0. The van der Waals surface area contributed by atoms with Gasteiger partial charge >= 0.3 is 5.76 Å².